The molecule has 2 fully saturated rings. The topological polar surface area (TPSA) is 55.5 Å². The van der Waals surface area contributed by atoms with E-state index in [1.165, 1.54) is 11.1 Å². The van der Waals surface area contributed by atoms with E-state index in [4.69, 9.17) is 0 Å². The first kappa shape index (κ1) is 25.9. The monoisotopic (exact) mass is 529 g/mol. The fourth-order valence-electron chi connectivity index (χ4n) is 5.01. The number of anilines is 1. The highest BCUT2D eigenvalue weighted by molar-refractivity contribution is 7.99. The Labute approximate surface area is 216 Å². The van der Waals surface area contributed by atoms with Gasteiger partial charge in [0.15, 0.2) is 11.5 Å². The van der Waals surface area contributed by atoms with Gasteiger partial charge in [-0.1, -0.05) is 12.1 Å². The zero-order valence-electron chi connectivity index (χ0n) is 18.1. The van der Waals surface area contributed by atoms with E-state index in [0.29, 0.717) is 4.59 Å². The van der Waals surface area contributed by atoms with Gasteiger partial charge in [0.25, 0.3) is 5.91 Å². The normalized spacial score (nSPS) is 24.0. The molecule has 0 unspecified atom stereocenters. The zero-order valence-corrected chi connectivity index (χ0v) is 21.3. The SMILES string of the molecule is Cl.Cl.Cl.O=C(C1=CC2=CC=C[N@@+]2(N2CCN(c3n[nH]c4ccccc34)CC2)C1)N1CCSC1. The van der Waals surface area contributed by atoms with Crippen LogP contribution in [0, 0.1) is 0 Å². The molecule has 6 rings (SSSR count). The van der Waals surface area contributed by atoms with Gasteiger partial charge in [-0.3, -0.25) is 9.89 Å². The first-order valence-corrected chi connectivity index (χ1v) is 11.7. The first-order valence-electron chi connectivity index (χ1n) is 10.5. The van der Waals surface area contributed by atoms with Gasteiger partial charge in [-0.15, -0.1) is 54.0 Å². The quantitative estimate of drug-likeness (QED) is 0.615. The van der Waals surface area contributed by atoms with Crippen LogP contribution in [0.4, 0.5) is 5.82 Å². The van der Waals surface area contributed by atoms with Crippen molar-refractivity contribution in [1.82, 2.24) is 20.1 Å². The highest BCUT2D eigenvalue weighted by Crippen LogP contribution is 2.38. The number of hydrogen-bond donors (Lipinski definition) is 1. The van der Waals surface area contributed by atoms with E-state index in [1.54, 1.807) is 0 Å². The van der Waals surface area contributed by atoms with Gasteiger partial charge >= 0.3 is 0 Å². The molecule has 0 saturated carbocycles. The fourth-order valence-corrected chi connectivity index (χ4v) is 5.95. The van der Waals surface area contributed by atoms with Gasteiger partial charge in [0.05, 0.1) is 30.1 Å². The molecule has 0 aliphatic carbocycles. The number of halogens is 3. The number of benzene rings is 1. The molecule has 5 heterocycles. The van der Waals surface area contributed by atoms with Gasteiger partial charge in [-0.05, 0) is 18.2 Å². The number of quaternary nitrogens is 1. The molecule has 0 spiro atoms. The van der Waals surface area contributed by atoms with Crippen molar-refractivity contribution >= 4 is 71.6 Å². The van der Waals surface area contributed by atoms with Crippen LogP contribution < -0.4 is 4.90 Å². The second-order valence-electron chi connectivity index (χ2n) is 8.23. The number of carbonyl (C=O) groups excluding carboxylic acids is 1. The number of fused-ring (bicyclic) bond motifs is 2. The molecule has 2 aromatic rings. The standard InChI is InChI=1S/C22H25N6OS.3ClH/c29-22(26-11-13-30-16-26)17-14-18-4-3-12-28(18,15-17)27-9-7-25(8-10-27)21-19-5-1-2-6-20(19)23-24-21;;;/h1-6,12,14H,7-11,13,15-16H2,(H,23,24);3*1H/q+1;;;/t28-;;;/m1.../s1. The van der Waals surface area contributed by atoms with E-state index in [1.807, 2.05) is 22.7 Å². The summed E-state index contributed by atoms with van der Waals surface area (Å²) in [6.45, 7) is 5.29. The number of aromatic amines is 1. The summed E-state index contributed by atoms with van der Waals surface area (Å²) in [6, 6.07) is 8.30. The first-order chi connectivity index (χ1) is 14.7. The summed E-state index contributed by atoms with van der Waals surface area (Å²) < 4.78 is 0.664. The number of aromatic nitrogens is 2. The van der Waals surface area contributed by atoms with Gasteiger partial charge < -0.3 is 9.80 Å². The largest absolute Gasteiger partial charge is 0.352 e. The number of H-pyrrole nitrogens is 1. The molecule has 2 saturated heterocycles. The van der Waals surface area contributed by atoms with Crippen LogP contribution in [0.25, 0.3) is 10.9 Å². The number of rotatable bonds is 3. The van der Waals surface area contributed by atoms with E-state index in [0.717, 1.165) is 67.8 Å². The number of nitrogens with one attached hydrogen (secondary N) is 1. The molecular formula is C22H28Cl3N6OS+. The van der Waals surface area contributed by atoms with Crippen LogP contribution in [0.3, 0.4) is 0 Å². The van der Waals surface area contributed by atoms with Gasteiger partial charge in [0.2, 0.25) is 0 Å². The molecule has 0 bridgehead atoms. The van der Waals surface area contributed by atoms with Crippen LogP contribution in [-0.2, 0) is 4.79 Å². The maximum absolute atomic E-state index is 13.0. The third-order valence-electron chi connectivity index (χ3n) is 6.61. The lowest BCUT2D eigenvalue weighted by Crippen LogP contribution is -2.60. The second-order valence-corrected chi connectivity index (χ2v) is 9.30. The van der Waals surface area contributed by atoms with Crippen molar-refractivity contribution in [3.05, 3.63) is 60.0 Å². The van der Waals surface area contributed by atoms with E-state index < -0.39 is 0 Å². The predicted molar refractivity (Wildman–Crippen MR) is 141 cm³/mol. The summed E-state index contributed by atoms with van der Waals surface area (Å²) in [5.74, 6) is 3.12. The van der Waals surface area contributed by atoms with Gasteiger partial charge in [0, 0.05) is 42.9 Å². The lowest BCUT2D eigenvalue weighted by Gasteiger charge is -2.44. The maximum Gasteiger partial charge on any atom is 0.256 e. The van der Waals surface area contributed by atoms with Crippen LogP contribution in [0.15, 0.2) is 60.0 Å². The molecule has 4 aliphatic heterocycles. The molecular weight excluding hydrogens is 503 g/mol. The number of nitrogens with zero attached hydrogens (tertiary/aromatic N) is 5. The number of hydrogen-bond acceptors (Lipinski definition) is 5. The smallest absolute Gasteiger partial charge is 0.256 e. The van der Waals surface area contributed by atoms with E-state index in [-0.39, 0.29) is 43.1 Å². The Hall–Kier alpha value is -1.68. The van der Waals surface area contributed by atoms with Crippen molar-refractivity contribution in [3.8, 4) is 0 Å². The van der Waals surface area contributed by atoms with Crippen LogP contribution in [-0.4, -0.2) is 81.5 Å². The molecule has 4 aliphatic rings. The van der Waals surface area contributed by atoms with Crippen molar-refractivity contribution in [2.45, 2.75) is 0 Å². The van der Waals surface area contributed by atoms with Crippen molar-refractivity contribution in [3.63, 3.8) is 0 Å². The highest BCUT2D eigenvalue weighted by atomic mass is 35.5. The Bertz CT molecular complexity index is 1100. The number of allylic oxidation sites excluding steroid dienone is 3. The summed E-state index contributed by atoms with van der Waals surface area (Å²) in [5, 5.41) is 11.4. The van der Waals surface area contributed by atoms with Gasteiger partial charge in [-0.25, -0.2) is 0 Å². The lowest BCUT2D eigenvalue weighted by molar-refractivity contribution is -0.948. The van der Waals surface area contributed by atoms with Gasteiger partial charge in [0.1, 0.15) is 12.7 Å². The molecule has 178 valence electrons. The summed E-state index contributed by atoms with van der Waals surface area (Å²) in [7, 11) is 0. The minimum Gasteiger partial charge on any atom is -0.352 e. The van der Waals surface area contributed by atoms with E-state index in [2.05, 4.69) is 62.7 Å². The second kappa shape index (κ2) is 10.3. The molecule has 7 nitrogen and oxygen atoms in total. The molecule has 1 aromatic heterocycles. The Kier molecular flexibility index (Phi) is 8.09. The molecule has 1 amide bonds. The number of amides is 1. The third-order valence-corrected chi connectivity index (χ3v) is 7.57. The molecule has 1 N–H and O–H groups in total. The number of carbonyl (C=O) groups is 1. The Morgan fingerprint density at radius 2 is 1.85 bits per heavy atom. The van der Waals surface area contributed by atoms with Crippen molar-refractivity contribution in [1.29, 1.82) is 0 Å². The van der Waals surface area contributed by atoms with E-state index >= 15 is 0 Å². The number of piperazine rings is 1. The van der Waals surface area contributed by atoms with Crippen molar-refractivity contribution in [2.24, 2.45) is 0 Å². The van der Waals surface area contributed by atoms with Crippen molar-refractivity contribution in [2.75, 3.05) is 55.8 Å². The minimum atomic E-state index is 0. The average Bonchev–Trinajstić information content (AvgIpc) is 3.56. The Morgan fingerprint density at radius 3 is 2.61 bits per heavy atom. The van der Waals surface area contributed by atoms with Crippen LogP contribution in [0.2, 0.25) is 0 Å². The molecule has 33 heavy (non-hydrogen) atoms. The summed E-state index contributed by atoms with van der Waals surface area (Å²) in [4.78, 5) is 17.3. The van der Waals surface area contributed by atoms with E-state index in [9.17, 15) is 4.79 Å². The maximum atomic E-state index is 13.0. The molecule has 0 radical (unpaired) electrons. The highest BCUT2D eigenvalue weighted by Gasteiger charge is 2.48. The average molecular weight is 531 g/mol. The Morgan fingerprint density at radius 1 is 1.06 bits per heavy atom. The number of thioether (sulfide) groups is 1. The summed E-state index contributed by atoms with van der Waals surface area (Å²) >= 11 is 1.84. The zero-order chi connectivity index (χ0) is 20.1. The number of para-hydroxylation sites is 1. The van der Waals surface area contributed by atoms with Crippen LogP contribution in [0.1, 0.15) is 0 Å². The van der Waals surface area contributed by atoms with Gasteiger partial charge in [-0.2, -0.15) is 9.69 Å². The molecule has 1 atom stereocenters. The lowest BCUT2D eigenvalue weighted by atomic mass is 10.2. The van der Waals surface area contributed by atoms with Crippen LogP contribution >= 0.6 is 49.0 Å². The molecule has 11 heteroatoms. The van der Waals surface area contributed by atoms with Crippen molar-refractivity contribution < 1.29 is 9.39 Å². The fraction of sp³-hybridized carbons (Fsp3) is 0.364. The summed E-state index contributed by atoms with van der Waals surface area (Å²) in [6.07, 6.45) is 8.66. The molecule has 1 aromatic carbocycles. The minimum absolute atomic E-state index is 0. The predicted octanol–water partition coefficient (Wildman–Crippen LogP) is 3.57. The third kappa shape index (κ3) is 4.29. The van der Waals surface area contributed by atoms with Crippen LogP contribution in [0.5, 0.6) is 0 Å². The summed E-state index contributed by atoms with van der Waals surface area (Å²) in [5.41, 5.74) is 3.23. The Balaban J connectivity index is 0.00000102.